The first-order valence-corrected chi connectivity index (χ1v) is 8.62. The lowest BCUT2D eigenvalue weighted by Gasteiger charge is -2.37. The molecule has 0 aliphatic heterocycles. The van der Waals surface area contributed by atoms with E-state index in [-0.39, 0.29) is 17.7 Å². The molecule has 0 aromatic rings. The Morgan fingerprint density at radius 3 is 2.31 bits per heavy atom. The van der Waals surface area contributed by atoms with Crippen molar-refractivity contribution in [2.45, 2.75) is 45.0 Å². The fraction of sp³-hybridized carbons (Fsp3) is 0.833. The van der Waals surface area contributed by atoms with Crippen LogP contribution in [0.1, 0.15) is 20.8 Å². The van der Waals surface area contributed by atoms with Gasteiger partial charge in [-0.15, -0.1) is 6.58 Å². The summed E-state index contributed by atoms with van der Waals surface area (Å²) in [5.41, 5.74) is 0. The topological polar surface area (TPSA) is 38.7 Å². The lowest BCUT2D eigenvalue weighted by molar-refractivity contribution is -0.00384. The van der Waals surface area contributed by atoms with Gasteiger partial charge in [-0.1, -0.05) is 26.8 Å². The minimum Gasteiger partial charge on any atom is -0.414 e. The highest BCUT2D eigenvalue weighted by Gasteiger charge is 2.37. The fourth-order valence-electron chi connectivity index (χ4n) is 0.875. The van der Waals surface area contributed by atoms with Crippen molar-refractivity contribution < 1.29 is 14.3 Å². The van der Waals surface area contributed by atoms with Crippen molar-refractivity contribution in [2.24, 2.45) is 0 Å². The quantitative estimate of drug-likeness (QED) is 0.554. The van der Waals surface area contributed by atoms with E-state index in [1.165, 1.54) is 0 Å². The third-order valence-electron chi connectivity index (χ3n) is 3.09. The van der Waals surface area contributed by atoms with E-state index in [1.54, 1.807) is 6.08 Å². The molecule has 0 radical (unpaired) electrons. The monoisotopic (exact) mass is 246 g/mol. The van der Waals surface area contributed by atoms with Gasteiger partial charge in [0.2, 0.25) is 0 Å². The maximum Gasteiger partial charge on any atom is 0.192 e. The Kier molecular flexibility index (Phi) is 6.48. The summed E-state index contributed by atoms with van der Waals surface area (Å²) in [4.78, 5) is 0. The van der Waals surface area contributed by atoms with Crippen LogP contribution < -0.4 is 0 Å². The zero-order chi connectivity index (χ0) is 12.8. The van der Waals surface area contributed by atoms with Gasteiger partial charge in [0.15, 0.2) is 8.32 Å². The highest BCUT2D eigenvalue weighted by molar-refractivity contribution is 6.74. The molecule has 1 N–H and O–H groups in total. The van der Waals surface area contributed by atoms with Gasteiger partial charge >= 0.3 is 0 Å². The summed E-state index contributed by atoms with van der Waals surface area (Å²) in [6, 6.07) is 0. The van der Waals surface area contributed by atoms with E-state index in [0.29, 0.717) is 13.2 Å². The molecular formula is C12H26O3Si. The van der Waals surface area contributed by atoms with Gasteiger partial charge in [0.25, 0.3) is 0 Å². The summed E-state index contributed by atoms with van der Waals surface area (Å²) in [5.74, 6) is 0. The van der Waals surface area contributed by atoms with Crippen LogP contribution >= 0.6 is 0 Å². The summed E-state index contributed by atoms with van der Waals surface area (Å²) < 4.78 is 11.3. The molecule has 96 valence electrons. The van der Waals surface area contributed by atoms with Gasteiger partial charge in [-0.05, 0) is 18.1 Å². The van der Waals surface area contributed by atoms with Crippen molar-refractivity contribution in [2.75, 3.05) is 19.8 Å². The highest BCUT2D eigenvalue weighted by atomic mass is 28.4. The maximum absolute atomic E-state index is 9.13. The van der Waals surface area contributed by atoms with Crippen LogP contribution in [-0.2, 0) is 9.16 Å². The summed E-state index contributed by atoms with van der Waals surface area (Å²) in [6.07, 6.45) is 1.43. The molecule has 0 unspecified atom stereocenters. The number of ether oxygens (including phenoxy) is 1. The molecule has 0 saturated heterocycles. The van der Waals surface area contributed by atoms with Crippen molar-refractivity contribution in [1.29, 1.82) is 0 Å². The molecule has 0 aromatic heterocycles. The molecule has 0 bridgehead atoms. The van der Waals surface area contributed by atoms with Gasteiger partial charge < -0.3 is 14.3 Å². The van der Waals surface area contributed by atoms with Gasteiger partial charge in [-0.3, -0.25) is 0 Å². The van der Waals surface area contributed by atoms with Crippen LogP contribution in [0.2, 0.25) is 18.1 Å². The Morgan fingerprint density at radius 1 is 1.38 bits per heavy atom. The molecule has 3 nitrogen and oxygen atoms in total. The van der Waals surface area contributed by atoms with E-state index in [9.17, 15) is 0 Å². The molecule has 0 fully saturated rings. The van der Waals surface area contributed by atoms with Crippen LogP contribution in [0, 0.1) is 0 Å². The van der Waals surface area contributed by atoms with Crippen molar-refractivity contribution in [3.05, 3.63) is 12.7 Å². The molecule has 1 atom stereocenters. The zero-order valence-electron chi connectivity index (χ0n) is 11.2. The lowest BCUT2D eigenvalue weighted by Crippen LogP contribution is -2.43. The third-order valence-corrected chi connectivity index (χ3v) is 7.59. The average Bonchev–Trinajstić information content (AvgIpc) is 2.16. The molecular weight excluding hydrogens is 220 g/mol. The first-order valence-electron chi connectivity index (χ1n) is 5.72. The predicted molar refractivity (Wildman–Crippen MR) is 70.2 cm³/mol. The van der Waals surface area contributed by atoms with Crippen molar-refractivity contribution in [3.8, 4) is 0 Å². The third kappa shape index (κ3) is 5.25. The van der Waals surface area contributed by atoms with Crippen molar-refractivity contribution >= 4 is 8.32 Å². The number of aliphatic hydroxyl groups is 1. The Morgan fingerprint density at radius 2 is 1.94 bits per heavy atom. The van der Waals surface area contributed by atoms with Gasteiger partial charge in [-0.2, -0.15) is 0 Å². The second-order valence-electron chi connectivity index (χ2n) is 5.50. The zero-order valence-corrected chi connectivity index (χ0v) is 12.2. The van der Waals surface area contributed by atoms with E-state index in [4.69, 9.17) is 14.3 Å². The molecule has 0 rings (SSSR count). The fourth-order valence-corrected chi connectivity index (χ4v) is 1.91. The number of aliphatic hydroxyl groups excluding tert-OH is 1. The number of rotatable bonds is 7. The highest BCUT2D eigenvalue weighted by Crippen LogP contribution is 2.36. The average molecular weight is 246 g/mol. The van der Waals surface area contributed by atoms with Gasteiger partial charge in [0.1, 0.15) is 6.10 Å². The van der Waals surface area contributed by atoms with Crippen LogP contribution in [0.15, 0.2) is 12.7 Å². The Hall–Kier alpha value is -0.163. The smallest absolute Gasteiger partial charge is 0.192 e. The molecule has 0 aliphatic carbocycles. The van der Waals surface area contributed by atoms with Gasteiger partial charge in [0, 0.05) is 0 Å². The minimum absolute atomic E-state index is 0.0114. The second kappa shape index (κ2) is 6.54. The molecule has 0 saturated carbocycles. The standard InChI is InChI=1S/C12H26O3Si/c1-7-8-14-11(9-13)10-15-16(5,6)12(2,3)4/h7,11,13H,1,8-10H2,2-6H3/t11-/m1/s1. The molecule has 0 spiro atoms. The SMILES string of the molecule is C=CCO[C@H](CO)CO[Si](C)(C)C(C)(C)C. The first kappa shape index (κ1) is 15.8. The number of hydrogen-bond donors (Lipinski definition) is 1. The first-order chi connectivity index (χ1) is 7.24. The lowest BCUT2D eigenvalue weighted by atomic mass is 10.2. The van der Waals surface area contributed by atoms with Crippen LogP contribution in [0.5, 0.6) is 0 Å². The predicted octanol–water partition coefficient (Wildman–Crippen LogP) is 2.57. The van der Waals surface area contributed by atoms with Crippen LogP contribution in [0.4, 0.5) is 0 Å². The summed E-state index contributed by atoms with van der Waals surface area (Å²) in [6.45, 7) is 15.4. The molecule has 4 heteroatoms. The largest absolute Gasteiger partial charge is 0.414 e. The van der Waals surface area contributed by atoms with E-state index in [0.717, 1.165) is 0 Å². The molecule has 16 heavy (non-hydrogen) atoms. The second-order valence-corrected chi connectivity index (χ2v) is 10.3. The normalized spacial score (nSPS) is 14.9. The van der Waals surface area contributed by atoms with Gasteiger partial charge in [-0.25, -0.2) is 0 Å². The van der Waals surface area contributed by atoms with Crippen LogP contribution in [0.3, 0.4) is 0 Å². The van der Waals surface area contributed by atoms with Crippen molar-refractivity contribution in [3.63, 3.8) is 0 Å². The summed E-state index contributed by atoms with van der Waals surface area (Å²) in [5, 5.41) is 9.31. The van der Waals surface area contributed by atoms with E-state index in [2.05, 4.69) is 40.4 Å². The molecule has 0 heterocycles. The van der Waals surface area contributed by atoms with E-state index in [1.807, 2.05) is 0 Å². The Bertz CT molecular complexity index is 209. The number of hydrogen-bond acceptors (Lipinski definition) is 3. The summed E-state index contributed by atoms with van der Waals surface area (Å²) in [7, 11) is -1.74. The van der Waals surface area contributed by atoms with Crippen LogP contribution in [-0.4, -0.2) is 39.3 Å². The van der Waals surface area contributed by atoms with E-state index >= 15 is 0 Å². The summed E-state index contributed by atoms with van der Waals surface area (Å²) >= 11 is 0. The Balaban J connectivity index is 4.14. The van der Waals surface area contributed by atoms with Crippen LogP contribution in [0.25, 0.3) is 0 Å². The molecule has 0 aromatic carbocycles. The molecule has 0 aliphatic rings. The maximum atomic E-state index is 9.13. The molecule has 0 amide bonds. The Labute approximate surface area is 101 Å². The van der Waals surface area contributed by atoms with E-state index < -0.39 is 8.32 Å². The van der Waals surface area contributed by atoms with Crippen molar-refractivity contribution in [1.82, 2.24) is 0 Å². The van der Waals surface area contributed by atoms with Gasteiger partial charge in [0.05, 0.1) is 19.8 Å². The minimum atomic E-state index is -1.74.